The first kappa shape index (κ1) is 22.4. The fraction of sp³-hybridized carbons (Fsp3) is 0.636. The molecule has 1 aliphatic heterocycles. The van der Waals surface area contributed by atoms with Crippen molar-refractivity contribution in [2.45, 2.75) is 66.7 Å². The van der Waals surface area contributed by atoms with Gasteiger partial charge in [0.05, 0.1) is 33.3 Å². The number of anilines is 1. The second-order valence-electron chi connectivity index (χ2n) is 8.86. The Morgan fingerprint density at radius 1 is 1.26 bits per heavy atom. The maximum absolute atomic E-state index is 13.4. The number of methoxy groups -OCH3 is 1. The van der Waals surface area contributed by atoms with Gasteiger partial charge in [0.25, 0.3) is 0 Å². The molecule has 168 valence electrons. The maximum atomic E-state index is 13.4. The minimum Gasteiger partial charge on any atom is -0.381 e. The predicted octanol–water partition coefficient (Wildman–Crippen LogP) is 3.07. The molecule has 3 fully saturated rings. The van der Waals surface area contributed by atoms with Crippen molar-refractivity contribution < 1.29 is 17.9 Å². The zero-order chi connectivity index (χ0) is 22.2. The number of piperidine rings is 1. The van der Waals surface area contributed by atoms with Gasteiger partial charge >= 0.3 is 0 Å². The molecular formula is C22H28ClN3O4S. The molecule has 1 aromatic carbocycles. The van der Waals surface area contributed by atoms with Crippen LogP contribution in [-0.2, 0) is 19.4 Å². The lowest BCUT2D eigenvalue weighted by atomic mass is 10.0. The van der Waals surface area contributed by atoms with Crippen LogP contribution in [0.2, 0.25) is 5.02 Å². The zero-order valence-corrected chi connectivity index (χ0v) is 19.2. The number of nitriles is 1. The van der Waals surface area contributed by atoms with Crippen LogP contribution in [0.25, 0.3) is 0 Å². The molecule has 0 radical (unpaired) electrons. The first-order valence-corrected chi connectivity index (χ1v) is 12.8. The Morgan fingerprint density at radius 2 is 1.97 bits per heavy atom. The van der Waals surface area contributed by atoms with Gasteiger partial charge in [0.1, 0.15) is 5.54 Å². The highest BCUT2D eigenvalue weighted by Crippen LogP contribution is 2.40. The summed E-state index contributed by atoms with van der Waals surface area (Å²) in [5.74, 6) is -0.919. The number of carbonyl (C=O) groups is 1. The third-order valence-corrected chi connectivity index (χ3v) is 9.47. The SMILES string of the molecule is CO[C@@H]1C[C@H](S(=O)(=O)c2ccc(N3CCCCC3)cc2Cl)C[C@H]1C(=O)NC1(C#N)CC1. The van der Waals surface area contributed by atoms with Crippen molar-refractivity contribution in [3.05, 3.63) is 23.2 Å². The van der Waals surface area contributed by atoms with E-state index in [0.29, 0.717) is 12.8 Å². The summed E-state index contributed by atoms with van der Waals surface area (Å²) in [6.07, 6.45) is 4.56. The van der Waals surface area contributed by atoms with Crippen LogP contribution < -0.4 is 10.2 Å². The molecule has 1 amide bonds. The standard InChI is InChI=1S/C22H28ClN3O4S/c1-30-19-13-16(12-17(19)21(27)25-22(14-24)7-8-22)31(28,29)20-6-5-15(11-18(20)23)26-9-3-2-4-10-26/h5-6,11,16-17,19H,2-4,7-10,12-13H2,1H3,(H,25,27)/t16-,17-,19-/m1/s1. The van der Waals surface area contributed by atoms with Gasteiger partial charge < -0.3 is 15.0 Å². The second kappa shape index (κ2) is 8.61. The van der Waals surface area contributed by atoms with Gasteiger partial charge in [0.2, 0.25) is 5.91 Å². The Morgan fingerprint density at radius 3 is 2.55 bits per heavy atom. The topological polar surface area (TPSA) is 99.5 Å². The fourth-order valence-electron chi connectivity index (χ4n) is 4.71. The van der Waals surface area contributed by atoms with E-state index in [4.69, 9.17) is 16.3 Å². The number of nitrogens with zero attached hydrogens (tertiary/aromatic N) is 2. The van der Waals surface area contributed by atoms with Crippen LogP contribution in [0.4, 0.5) is 5.69 Å². The summed E-state index contributed by atoms with van der Waals surface area (Å²) in [6, 6.07) is 7.28. The van der Waals surface area contributed by atoms with Crippen molar-refractivity contribution in [1.82, 2.24) is 5.32 Å². The van der Waals surface area contributed by atoms with E-state index in [1.807, 2.05) is 6.07 Å². The Labute approximate surface area is 188 Å². The number of carbonyl (C=O) groups excluding carboxylic acids is 1. The molecule has 2 aliphatic carbocycles. The van der Waals surface area contributed by atoms with Gasteiger partial charge in [-0.3, -0.25) is 4.79 Å². The molecule has 2 saturated carbocycles. The lowest BCUT2D eigenvalue weighted by Gasteiger charge is -2.29. The van der Waals surface area contributed by atoms with Gasteiger partial charge in [0.15, 0.2) is 9.84 Å². The summed E-state index contributed by atoms with van der Waals surface area (Å²) in [7, 11) is -2.25. The third-order valence-electron chi connectivity index (χ3n) is 6.81. The third kappa shape index (κ3) is 4.41. The van der Waals surface area contributed by atoms with Gasteiger partial charge in [-0.25, -0.2) is 8.42 Å². The van der Waals surface area contributed by atoms with Gasteiger partial charge in [-0.2, -0.15) is 5.26 Å². The van der Waals surface area contributed by atoms with E-state index >= 15 is 0 Å². The average Bonchev–Trinajstić information content (AvgIpc) is 3.39. The lowest BCUT2D eigenvalue weighted by molar-refractivity contribution is -0.128. The summed E-state index contributed by atoms with van der Waals surface area (Å²) in [5, 5.41) is 11.5. The number of ether oxygens (including phenoxy) is 1. The molecule has 3 atom stereocenters. The molecule has 0 unspecified atom stereocenters. The molecule has 1 heterocycles. The van der Waals surface area contributed by atoms with Gasteiger partial charge in [-0.15, -0.1) is 0 Å². The number of hydrogen-bond acceptors (Lipinski definition) is 6. The van der Waals surface area contributed by atoms with E-state index in [-0.39, 0.29) is 28.7 Å². The number of sulfone groups is 1. The maximum Gasteiger partial charge on any atom is 0.227 e. The van der Waals surface area contributed by atoms with E-state index in [2.05, 4.69) is 16.3 Å². The smallest absolute Gasteiger partial charge is 0.227 e. The van der Waals surface area contributed by atoms with Crippen molar-refractivity contribution in [1.29, 1.82) is 5.26 Å². The normalized spacial score (nSPS) is 27.5. The summed E-state index contributed by atoms with van der Waals surface area (Å²) >= 11 is 6.44. The highest BCUT2D eigenvalue weighted by molar-refractivity contribution is 7.92. The first-order valence-electron chi connectivity index (χ1n) is 10.8. The molecular weight excluding hydrogens is 438 g/mol. The Hall–Kier alpha value is -1.82. The molecule has 4 rings (SSSR count). The molecule has 0 spiro atoms. The highest BCUT2D eigenvalue weighted by Gasteiger charge is 2.50. The van der Waals surface area contributed by atoms with Crippen LogP contribution in [-0.4, -0.2) is 51.4 Å². The largest absolute Gasteiger partial charge is 0.381 e. The number of halogens is 1. The van der Waals surface area contributed by atoms with Crippen molar-refractivity contribution in [3.8, 4) is 6.07 Å². The zero-order valence-electron chi connectivity index (χ0n) is 17.6. The number of hydrogen-bond donors (Lipinski definition) is 1. The van der Waals surface area contributed by atoms with E-state index in [9.17, 15) is 18.5 Å². The average molecular weight is 466 g/mol. The number of rotatable bonds is 6. The molecule has 3 aliphatic rings. The summed E-state index contributed by atoms with van der Waals surface area (Å²) in [4.78, 5) is 15.1. The van der Waals surface area contributed by atoms with E-state index < -0.39 is 32.6 Å². The van der Waals surface area contributed by atoms with Crippen LogP contribution in [0.3, 0.4) is 0 Å². The van der Waals surface area contributed by atoms with Gasteiger partial charge in [-0.1, -0.05) is 11.6 Å². The van der Waals surface area contributed by atoms with E-state index in [1.165, 1.54) is 13.5 Å². The van der Waals surface area contributed by atoms with E-state index in [0.717, 1.165) is 31.6 Å². The number of nitrogens with one attached hydrogen (secondary N) is 1. The number of benzene rings is 1. The lowest BCUT2D eigenvalue weighted by Crippen LogP contribution is -2.42. The van der Waals surface area contributed by atoms with Crippen molar-refractivity contribution in [2.75, 3.05) is 25.1 Å². The molecule has 0 aromatic heterocycles. The Kier molecular flexibility index (Phi) is 6.21. The van der Waals surface area contributed by atoms with Crippen LogP contribution in [0.5, 0.6) is 0 Å². The Bertz CT molecular complexity index is 996. The molecule has 7 nitrogen and oxygen atoms in total. The summed E-state index contributed by atoms with van der Waals surface area (Å²) in [5.41, 5.74) is 0.147. The fourth-order valence-corrected chi connectivity index (χ4v) is 7.06. The van der Waals surface area contributed by atoms with Crippen molar-refractivity contribution in [2.24, 2.45) is 5.92 Å². The van der Waals surface area contributed by atoms with Crippen LogP contribution in [0, 0.1) is 17.2 Å². The van der Waals surface area contributed by atoms with Gasteiger partial charge in [-0.05, 0) is 63.1 Å². The molecule has 1 saturated heterocycles. The molecule has 9 heteroatoms. The van der Waals surface area contributed by atoms with Crippen LogP contribution in [0.15, 0.2) is 23.1 Å². The Balaban J connectivity index is 1.52. The quantitative estimate of drug-likeness (QED) is 0.693. The van der Waals surface area contributed by atoms with Crippen LogP contribution in [0.1, 0.15) is 44.9 Å². The minimum absolute atomic E-state index is 0.103. The molecule has 31 heavy (non-hydrogen) atoms. The van der Waals surface area contributed by atoms with Gasteiger partial charge in [0, 0.05) is 25.9 Å². The monoisotopic (exact) mass is 465 g/mol. The van der Waals surface area contributed by atoms with Crippen molar-refractivity contribution in [3.63, 3.8) is 0 Å². The summed E-state index contributed by atoms with van der Waals surface area (Å²) in [6.45, 7) is 1.89. The first-order chi connectivity index (χ1) is 14.8. The predicted molar refractivity (Wildman–Crippen MR) is 118 cm³/mol. The second-order valence-corrected chi connectivity index (χ2v) is 11.5. The van der Waals surface area contributed by atoms with Crippen molar-refractivity contribution >= 4 is 33.0 Å². The highest BCUT2D eigenvalue weighted by atomic mass is 35.5. The van der Waals surface area contributed by atoms with Crippen LogP contribution >= 0.6 is 11.6 Å². The van der Waals surface area contributed by atoms with E-state index in [1.54, 1.807) is 12.1 Å². The molecule has 1 N–H and O–H groups in total. The number of amides is 1. The molecule has 0 bridgehead atoms. The minimum atomic E-state index is -3.74. The summed E-state index contributed by atoms with van der Waals surface area (Å²) < 4.78 is 32.2. The molecule has 1 aromatic rings.